The van der Waals surface area contributed by atoms with Gasteiger partial charge in [-0.3, -0.25) is 4.79 Å². The predicted molar refractivity (Wildman–Crippen MR) is 85.7 cm³/mol. The second kappa shape index (κ2) is 7.34. The van der Waals surface area contributed by atoms with Crippen LogP contribution in [0, 0.1) is 17.3 Å². The van der Waals surface area contributed by atoms with Gasteiger partial charge in [0.25, 0.3) is 0 Å². The number of carbonyl (C=O) groups is 2. The van der Waals surface area contributed by atoms with Crippen LogP contribution in [-0.4, -0.2) is 29.3 Å². The fourth-order valence-electron chi connectivity index (χ4n) is 3.20. The normalized spacial score (nSPS) is 19.0. The maximum Gasteiger partial charge on any atom is 0.407 e. The van der Waals surface area contributed by atoms with Gasteiger partial charge in [-0.05, 0) is 39.0 Å². The number of amides is 1. The molecule has 0 aliphatic heterocycles. The van der Waals surface area contributed by atoms with Crippen molar-refractivity contribution in [3.05, 3.63) is 0 Å². The highest BCUT2D eigenvalue weighted by atomic mass is 16.6. The number of carboxylic acid groups (broad SMARTS) is 1. The van der Waals surface area contributed by atoms with Crippen LogP contribution in [0.15, 0.2) is 0 Å². The zero-order valence-corrected chi connectivity index (χ0v) is 14.6. The molecule has 0 heterocycles. The van der Waals surface area contributed by atoms with Crippen molar-refractivity contribution in [3.63, 3.8) is 0 Å². The quantitative estimate of drug-likeness (QED) is 0.781. The van der Waals surface area contributed by atoms with Crippen LogP contribution in [0.25, 0.3) is 0 Å². The average Bonchev–Trinajstić information content (AvgIpc) is 2.84. The summed E-state index contributed by atoms with van der Waals surface area (Å²) in [6, 6.07) is 0. The molecule has 1 saturated carbocycles. The first-order valence-electron chi connectivity index (χ1n) is 8.27. The van der Waals surface area contributed by atoms with Gasteiger partial charge in [0.1, 0.15) is 5.60 Å². The lowest BCUT2D eigenvalue weighted by molar-refractivity contribution is -0.153. The minimum Gasteiger partial charge on any atom is -0.481 e. The minimum atomic E-state index is -0.925. The van der Waals surface area contributed by atoms with Crippen molar-refractivity contribution < 1.29 is 19.4 Å². The predicted octanol–water partition coefficient (Wildman–Crippen LogP) is 3.82. The van der Waals surface area contributed by atoms with E-state index in [0.29, 0.717) is 12.3 Å². The number of hydrogen-bond acceptors (Lipinski definition) is 3. The highest BCUT2D eigenvalue weighted by Crippen LogP contribution is 2.40. The standard InChI is InChI=1S/C17H31NO4/c1-12(2)17(14(19)20,10-13-8-6-7-9-13)11-18-15(21)22-16(3,4)5/h12-13H,6-11H2,1-5H3,(H,18,21)(H,19,20). The third-order valence-electron chi connectivity index (χ3n) is 4.61. The lowest BCUT2D eigenvalue weighted by Crippen LogP contribution is -2.48. The van der Waals surface area contributed by atoms with Gasteiger partial charge in [0.05, 0.1) is 5.41 Å². The second-order valence-corrected chi connectivity index (χ2v) is 7.83. The number of alkyl carbamates (subject to hydrolysis) is 1. The molecule has 0 aromatic heterocycles. The van der Waals surface area contributed by atoms with Crippen LogP contribution >= 0.6 is 0 Å². The van der Waals surface area contributed by atoms with Crippen molar-refractivity contribution >= 4 is 12.1 Å². The highest BCUT2D eigenvalue weighted by molar-refractivity contribution is 5.77. The fourth-order valence-corrected chi connectivity index (χ4v) is 3.20. The van der Waals surface area contributed by atoms with E-state index in [2.05, 4.69) is 5.32 Å². The zero-order chi connectivity index (χ0) is 17.0. The van der Waals surface area contributed by atoms with Crippen LogP contribution in [0.5, 0.6) is 0 Å². The molecule has 22 heavy (non-hydrogen) atoms. The second-order valence-electron chi connectivity index (χ2n) is 7.83. The summed E-state index contributed by atoms with van der Waals surface area (Å²) >= 11 is 0. The summed E-state index contributed by atoms with van der Waals surface area (Å²) in [7, 11) is 0. The van der Waals surface area contributed by atoms with Gasteiger partial charge in [-0.15, -0.1) is 0 Å². The molecule has 0 saturated heterocycles. The van der Waals surface area contributed by atoms with E-state index in [4.69, 9.17) is 4.74 Å². The maximum atomic E-state index is 12.0. The molecule has 1 amide bonds. The molecule has 1 fully saturated rings. The van der Waals surface area contributed by atoms with Crippen molar-refractivity contribution in [2.24, 2.45) is 17.3 Å². The van der Waals surface area contributed by atoms with Crippen LogP contribution in [0.4, 0.5) is 4.79 Å². The molecule has 1 rings (SSSR count). The molecule has 5 nitrogen and oxygen atoms in total. The Morgan fingerprint density at radius 2 is 1.77 bits per heavy atom. The molecule has 1 aliphatic carbocycles. The first kappa shape index (κ1) is 18.8. The number of nitrogens with one attached hydrogen (secondary N) is 1. The van der Waals surface area contributed by atoms with E-state index >= 15 is 0 Å². The van der Waals surface area contributed by atoms with Gasteiger partial charge in [-0.25, -0.2) is 4.79 Å². The molecule has 0 aromatic carbocycles. The Morgan fingerprint density at radius 3 is 2.18 bits per heavy atom. The highest BCUT2D eigenvalue weighted by Gasteiger charge is 2.44. The fraction of sp³-hybridized carbons (Fsp3) is 0.882. The monoisotopic (exact) mass is 313 g/mol. The Morgan fingerprint density at radius 1 is 1.23 bits per heavy atom. The third kappa shape index (κ3) is 5.18. The summed E-state index contributed by atoms with van der Waals surface area (Å²) in [5, 5.41) is 12.5. The van der Waals surface area contributed by atoms with E-state index in [0.717, 1.165) is 12.8 Å². The molecule has 128 valence electrons. The number of carbonyl (C=O) groups excluding carboxylic acids is 1. The average molecular weight is 313 g/mol. The Labute approximate surface area is 133 Å². The summed E-state index contributed by atoms with van der Waals surface area (Å²) in [5.74, 6) is -0.440. The van der Waals surface area contributed by atoms with Crippen LogP contribution in [0.3, 0.4) is 0 Å². The molecule has 1 atom stereocenters. The van der Waals surface area contributed by atoms with Gasteiger partial charge < -0.3 is 15.2 Å². The number of rotatable bonds is 6. The van der Waals surface area contributed by atoms with Crippen molar-refractivity contribution in [1.82, 2.24) is 5.32 Å². The molecule has 0 radical (unpaired) electrons. The lowest BCUT2D eigenvalue weighted by atomic mass is 9.70. The van der Waals surface area contributed by atoms with Crippen molar-refractivity contribution in [2.45, 2.75) is 72.3 Å². The first-order chi connectivity index (χ1) is 10.1. The molecule has 0 aromatic rings. The summed E-state index contributed by atoms with van der Waals surface area (Å²) in [4.78, 5) is 23.8. The topological polar surface area (TPSA) is 75.6 Å². The number of hydrogen-bond donors (Lipinski definition) is 2. The Kier molecular flexibility index (Phi) is 6.27. The molecule has 2 N–H and O–H groups in total. The Balaban J connectivity index is 2.76. The van der Waals surface area contributed by atoms with Gasteiger partial charge in [0, 0.05) is 6.54 Å². The van der Waals surface area contributed by atoms with E-state index in [1.54, 1.807) is 20.8 Å². The van der Waals surface area contributed by atoms with Gasteiger partial charge in [0.2, 0.25) is 0 Å². The Bertz CT molecular complexity index is 394. The van der Waals surface area contributed by atoms with E-state index < -0.39 is 23.1 Å². The van der Waals surface area contributed by atoms with E-state index in [1.165, 1.54) is 12.8 Å². The summed E-state index contributed by atoms with van der Waals surface area (Å²) in [5.41, 5.74) is -1.51. The van der Waals surface area contributed by atoms with Crippen molar-refractivity contribution in [3.8, 4) is 0 Å². The largest absolute Gasteiger partial charge is 0.481 e. The third-order valence-corrected chi connectivity index (χ3v) is 4.61. The first-order valence-corrected chi connectivity index (χ1v) is 8.27. The number of carboxylic acids is 1. The van der Waals surface area contributed by atoms with Crippen LogP contribution in [-0.2, 0) is 9.53 Å². The van der Waals surface area contributed by atoms with Crippen molar-refractivity contribution in [1.29, 1.82) is 0 Å². The zero-order valence-electron chi connectivity index (χ0n) is 14.6. The molecule has 5 heteroatoms. The van der Waals surface area contributed by atoms with Crippen LogP contribution < -0.4 is 5.32 Å². The van der Waals surface area contributed by atoms with E-state index in [1.807, 2.05) is 13.8 Å². The lowest BCUT2D eigenvalue weighted by Gasteiger charge is -2.36. The summed E-state index contributed by atoms with van der Waals surface area (Å²) in [6.07, 6.45) is 4.61. The van der Waals surface area contributed by atoms with Gasteiger partial charge in [-0.1, -0.05) is 39.5 Å². The van der Waals surface area contributed by atoms with Crippen LogP contribution in [0.1, 0.15) is 66.7 Å². The molecule has 0 spiro atoms. The molecule has 1 aliphatic rings. The minimum absolute atomic E-state index is 0.0551. The van der Waals surface area contributed by atoms with Gasteiger partial charge in [-0.2, -0.15) is 0 Å². The molecule has 0 bridgehead atoms. The van der Waals surface area contributed by atoms with E-state index in [-0.39, 0.29) is 12.5 Å². The summed E-state index contributed by atoms with van der Waals surface area (Å²) in [6.45, 7) is 9.32. The molecular formula is C17H31NO4. The van der Waals surface area contributed by atoms with Crippen molar-refractivity contribution in [2.75, 3.05) is 6.54 Å². The van der Waals surface area contributed by atoms with Gasteiger partial charge in [0.15, 0.2) is 0 Å². The number of ether oxygens (including phenoxy) is 1. The Hall–Kier alpha value is -1.26. The van der Waals surface area contributed by atoms with Crippen LogP contribution in [0.2, 0.25) is 0 Å². The SMILES string of the molecule is CC(C)C(CNC(=O)OC(C)(C)C)(CC1CCCC1)C(=O)O. The summed E-state index contributed by atoms with van der Waals surface area (Å²) < 4.78 is 5.22. The molecular weight excluding hydrogens is 282 g/mol. The molecule has 1 unspecified atom stereocenters. The van der Waals surface area contributed by atoms with Gasteiger partial charge >= 0.3 is 12.1 Å². The van der Waals surface area contributed by atoms with E-state index in [9.17, 15) is 14.7 Å². The smallest absolute Gasteiger partial charge is 0.407 e. The number of aliphatic carboxylic acids is 1. The maximum absolute atomic E-state index is 12.0.